The number of para-hydroxylation sites is 2. The summed E-state index contributed by atoms with van der Waals surface area (Å²) in [6.45, 7) is 0. The van der Waals surface area contributed by atoms with Gasteiger partial charge in [0.25, 0.3) is 0 Å². The molecule has 11 rings (SSSR count). The molecule has 0 radical (unpaired) electrons. The first-order valence-electron chi connectivity index (χ1n) is 16.8. The second-order valence-corrected chi connectivity index (χ2v) is 14.0. The van der Waals surface area contributed by atoms with Crippen molar-refractivity contribution in [2.45, 2.75) is 0 Å². The molecule has 0 unspecified atom stereocenters. The first-order valence-corrected chi connectivity index (χ1v) is 17.6. The van der Waals surface area contributed by atoms with Gasteiger partial charge in [0.2, 0.25) is 0 Å². The normalized spacial score (nSPS) is 12.0. The molecular formula is C46H27NO2S. The first-order chi connectivity index (χ1) is 24.7. The summed E-state index contributed by atoms with van der Waals surface area (Å²) in [5.74, 6) is 0. The standard InChI is InChI=1S/C46H27NO2S/c1-2-8-34-29(7-1)15-22-38-37-21-16-30(25-45(37)50-46(34)38)28-13-17-31(18-14-28)47(32-19-23-43-39(26-32)35-9-3-5-11-41(35)48-43)33-20-24-44-40(27-33)36-10-4-6-12-42(36)49-44/h1-27H. The number of hydrogen-bond donors (Lipinski definition) is 0. The lowest BCUT2D eigenvalue weighted by Gasteiger charge is -2.26. The smallest absolute Gasteiger partial charge is 0.135 e. The van der Waals surface area contributed by atoms with Crippen LogP contribution < -0.4 is 4.90 Å². The van der Waals surface area contributed by atoms with Crippen LogP contribution in [-0.2, 0) is 0 Å². The van der Waals surface area contributed by atoms with Gasteiger partial charge in [-0.1, -0.05) is 97.1 Å². The number of anilines is 3. The summed E-state index contributed by atoms with van der Waals surface area (Å²) >= 11 is 1.88. The van der Waals surface area contributed by atoms with Gasteiger partial charge in [0.15, 0.2) is 0 Å². The van der Waals surface area contributed by atoms with E-state index in [4.69, 9.17) is 8.83 Å². The zero-order valence-electron chi connectivity index (χ0n) is 26.8. The zero-order chi connectivity index (χ0) is 32.8. The number of rotatable bonds is 4. The third-order valence-electron chi connectivity index (χ3n) is 10.1. The van der Waals surface area contributed by atoms with E-state index in [1.807, 2.05) is 35.6 Å². The molecule has 11 aromatic rings. The quantitative estimate of drug-likeness (QED) is 0.189. The van der Waals surface area contributed by atoms with Gasteiger partial charge < -0.3 is 13.7 Å². The molecular weight excluding hydrogens is 631 g/mol. The van der Waals surface area contributed by atoms with Crippen molar-refractivity contribution in [1.29, 1.82) is 0 Å². The molecule has 0 aliphatic rings. The highest BCUT2D eigenvalue weighted by atomic mass is 32.1. The van der Waals surface area contributed by atoms with Gasteiger partial charge in [-0.3, -0.25) is 0 Å². The van der Waals surface area contributed by atoms with Crippen LogP contribution in [0.25, 0.3) is 85.9 Å². The lowest BCUT2D eigenvalue weighted by molar-refractivity contribution is 0.668. The zero-order valence-corrected chi connectivity index (χ0v) is 27.6. The van der Waals surface area contributed by atoms with Gasteiger partial charge in [-0.25, -0.2) is 0 Å². The average Bonchev–Trinajstić information content (AvgIpc) is 3.86. The van der Waals surface area contributed by atoms with Crippen LogP contribution in [0.3, 0.4) is 0 Å². The summed E-state index contributed by atoms with van der Waals surface area (Å²) in [5, 5.41) is 9.66. The average molecular weight is 658 g/mol. The number of thiophene rings is 1. The summed E-state index contributed by atoms with van der Waals surface area (Å²) < 4.78 is 15.1. The van der Waals surface area contributed by atoms with E-state index in [0.29, 0.717) is 0 Å². The molecule has 0 atom stereocenters. The summed E-state index contributed by atoms with van der Waals surface area (Å²) in [7, 11) is 0. The van der Waals surface area contributed by atoms with Crippen LogP contribution in [0.4, 0.5) is 17.1 Å². The minimum atomic E-state index is 0.881. The van der Waals surface area contributed by atoms with Crippen LogP contribution in [0, 0.1) is 0 Å². The Morgan fingerprint density at radius 3 is 1.58 bits per heavy atom. The number of fused-ring (bicyclic) bond motifs is 11. The van der Waals surface area contributed by atoms with E-state index < -0.39 is 0 Å². The lowest BCUT2D eigenvalue weighted by Crippen LogP contribution is -2.09. The van der Waals surface area contributed by atoms with Crippen molar-refractivity contribution >= 4 is 103 Å². The van der Waals surface area contributed by atoms with E-state index in [1.165, 1.54) is 42.1 Å². The van der Waals surface area contributed by atoms with Crippen molar-refractivity contribution in [3.63, 3.8) is 0 Å². The fourth-order valence-electron chi connectivity index (χ4n) is 7.64. The second kappa shape index (κ2) is 10.6. The van der Waals surface area contributed by atoms with Gasteiger partial charge >= 0.3 is 0 Å². The number of furan rings is 2. The summed E-state index contributed by atoms with van der Waals surface area (Å²) in [4.78, 5) is 2.33. The van der Waals surface area contributed by atoms with E-state index in [0.717, 1.165) is 60.9 Å². The molecule has 50 heavy (non-hydrogen) atoms. The Hall–Kier alpha value is -6.36. The number of nitrogens with zero attached hydrogens (tertiary/aromatic N) is 1. The van der Waals surface area contributed by atoms with Gasteiger partial charge in [-0.05, 0) is 88.6 Å². The molecule has 0 saturated carbocycles. The van der Waals surface area contributed by atoms with Gasteiger partial charge in [0, 0.05) is 58.8 Å². The molecule has 0 aliphatic carbocycles. The first kappa shape index (κ1) is 27.6. The van der Waals surface area contributed by atoms with E-state index in [-0.39, 0.29) is 0 Å². The SMILES string of the molecule is c1ccc2c(c1)ccc1c3ccc(-c4ccc(N(c5ccc6oc7ccccc7c6c5)c5ccc6oc7ccccc7c6c5)cc4)cc3sc21. The van der Waals surface area contributed by atoms with Crippen molar-refractivity contribution in [3.05, 3.63) is 164 Å². The highest BCUT2D eigenvalue weighted by molar-refractivity contribution is 7.26. The maximum atomic E-state index is 6.20. The molecule has 234 valence electrons. The fourth-order valence-corrected chi connectivity index (χ4v) is 8.92. The third kappa shape index (κ3) is 4.16. The summed E-state index contributed by atoms with van der Waals surface area (Å²) in [6.07, 6.45) is 0. The van der Waals surface area contributed by atoms with Crippen LogP contribution in [0.5, 0.6) is 0 Å². The molecule has 3 heterocycles. The third-order valence-corrected chi connectivity index (χ3v) is 11.3. The maximum absolute atomic E-state index is 6.20. The van der Waals surface area contributed by atoms with E-state index >= 15 is 0 Å². The predicted octanol–water partition coefficient (Wildman–Crippen LogP) is 14.1. The van der Waals surface area contributed by atoms with Gasteiger partial charge in [0.05, 0.1) is 0 Å². The molecule has 3 aromatic heterocycles. The Balaban J connectivity index is 1.05. The van der Waals surface area contributed by atoms with Crippen molar-refractivity contribution < 1.29 is 8.83 Å². The van der Waals surface area contributed by atoms with Crippen molar-refractivity contribution in [3.8, 4) is 11.1 Å². The fraction of sp³-hybridized carbons (Fsp3) is 0. The summed E-state index contributed by atoms with van der Waals surface area (Å²) in [5.41, 5.74) is 9.14. The molecule has 4 heteroatoms. The highest BCUT2D eigenvalue weighted by Gasteiger charge is 2.18. The van der Waals surface area contributed by atoms with Crippen LogP contribution in [0.1, 0.15) is 0 Å². The van der Waals surface area contributed by atoms with Crippen molar-refractivity contribution in [2.24, 2.45) is 0 Å². The van der Waals surface area contributed by atoms with Crippen LogP contribution >= 0.6 is 11.3 Å². The molecule has 0 amide bonds. The van der Waals surface area contributed by atoms with Gasteiger partial charge in [-0.15, -0.1) is 11.3 Å². The van der Waals surface area contributed by atoms with Crippen LogP contribution in [0.15, 0.2) is 173 Å². The highest BCUT2D eigenvalue weighted by Crippen LogP contribution is 2.43. The van der Waals surface area contributed by atoms with E-state index in [1.54, 1.807) is 0 Å². The molecule has 0 fully saturated rings. The Morgan fingerprint density at radius 2 is 0.900 bits per heavy atom. The summed E-state index contributed by atoms with van der Waals surface area (Å²) in [6, 6.07) is 58.4. The maximum Gasteiger partial charge on any atom is 0.135 e. The van der Waals surface area contributed by atoms with Crippen LogP contribution in [0.2, 0.25) is 0 Å². The topological polar surface area (TPSA) is 29.5 Å². The Bertz CT molecular complexity index is 2990. The van der Waals surface area contributed by atoms with Gasteiger partial charge in [0.1, 0.15) is 22.3 Å². The largest absolute Gasteiger partial charge is 0.456 e. The molecule has 0 N–H and O–H groups in total. The monoisotopic (exact) mass is 657 g/mol. The Kier molecular flexibility index (Phi) is 5.83. The molecule has 3 nitrogen and oxygen atoms in total. The minimum absolute atomic E-state index is 0.881. The predicted molar refractivity (Wildman–Crippen MR) is 212 cm³/mol. The Labute approximate surface area is 290 Å². The number of benzene rings is 8. The molecule has 0 aliphatic heterocycles. The molecule has 0 spiro atoms. The molecule has 8 aromatic carbocycles. The molecule has 0 saturated heterocycles. The van der Waals surface area contributed by atoms with E-state index in [9.17, 15) is 0 Å². The Morgan fingerprint density at radius 1 is 0.360 bits per heavy atom. The van der Waals surface area contributed by atoms with Gasteiger partial charge in [-0.2, -0.15) is 0 Å². The number of hydrogen-bond acceptors (Lipinski definition) is 4. The minimum Gasteiger partial charge on any atom is -0.456 e. The van der Waals surface area contributed by atoms with Crippen molar-refractivity contribution in [1.82, 2.24) is 0 Å². The molecule has 0 bridgehead atoms. The second-order valence-electron chi connectivity index (χ2n) is 12.9. The van der Waals surface area contributed by atoms with Crippen LogP contribution in [-0.4, -0.2) is 0 Å². The lowest BCUT2D eigenvalue weighted by atomic mass is 10.0. The van der Waals surface area contributed by atoms with E-state index in [2.05, 4.69) is 144 Å². The van der Waals surface area contributed by atoms with Crippen molar-refractivity contribution in [2.75, 3.05) is 4.90 Å².